The highest BCUT2D eigenvalue weighted by atomic mass is 35.5. The smallest absolute Gasteiger partial charge is 0.122 e. The molecule has 4 heteroatoms. The summed E-state index contributed by atoms with van der Waals surface area (Å²) >= 11 is 0. The molecule has 1 N–H and O–H groups in total. The maximum Gasteiger partial charge on any atom is 0.122 e. The van der Waals surface area contributed by atoms with E-state index in [4.69, 9.17) is 4.74 Å². The van der Waals surface area contributed by atoms with Crippen molar-refractivity contribution in [3.63, 3.8) is 0 Å². The average molecular weight is 341 g/mol. The Kier molecular flexibility index (Phi) is 4.80. The van der Waals surface area contributed by atoms with Gasteiger partial charge >= 0.3 is 0 Å². The molecule has 124 valence electrons. The Balaban J connectivity index is 0.00000169. The van der Waals surface area contributed by atoms with Gasteiger partial charge in [0.1, 0.15) is 5.75 Å². The number of nitrogens with one attached hydrogen (secondary N) is 1. The van der Waals surface area contributed by atoms with E-state index < -0.39 is 0 Å². The molecule has 0 spiro atoms. The second kappa shape index (κ2) is 6.84. The molecule has 0 aromatic heterocycles. The standard InChI is InChI=1S/C20H20N2O.ClH/c21-14-20(9-10-20)17-7-5-15(6-8-17)11-22-12-16-13-23-19-4-2-1-3-18(16)19;/h1-8,16,22H,9-13H2;1H. The van der Waals surface area contributed by atoms with Crippen molar-refractivity contribution < 1.29 is 4.74 Å². The van der Waals surface area contributed by atoms with Crippen LogP contribution in [0.2, 0.25) is 0 Å². The van der Waals surface area contributed by atoms with Crippen LogP contribution in [0.15, 0.2) is 48.5 Å². The molecule has 1 unspecified atom stereocenters. The van der Waals surface area contributed by atoms with Gasteiger partial charge in [0, 0.05) is 24.6 Å². The zero-order chi connectivity index (χ0) is 15.7. The van der Waals surface area contributed by atoms with Crippen molar-refractivity contribution in [3.05, 3.63) is 65.2 Å². The van der Waals surface area contributed by atoms with Gasteiger partial charge in [-0.05, 0) is 30.0 Å². The quantitative estimate of drug-likeness (QED) is 0.897. The predicted molar refractivity (Wildman–Crippen MR) is 96.6 cm³/mol. The van der Waals surface area contributed by atoms with Crippen molar-refractivity contribution in [2.45, 2.75) is 30.7 Å². The minimum atomic E-state index is -0.184. The molecule has 1 aliphatic carbocycles. The molecule has 0 bridgehead atoms. The first-order chi connectivity index (χ1) is 11.3. The number of hydrogen-bond donors (Lipinski definition) is 1. The second-order valence-corrected chi connectivity index (χ2v) is 6.57. The van der Waals surface area contributed by atoms with Crippen molar-refractivity contribution in [1.29, 1.82) is 5.26 Å². The number of hydrogen-bond acceptors (Lipinski definition) is 3. The Hall–Kier alpha value is -2.02. The monoisotopic (exact) mass is 340 g/mol. The first kappa shape index (κ1) is 16.8. The molecule has 1 atom stereocenters. The van der Waals surface area contributed by atoms with E-state index in [9.17, 15) is 5.26 Å². The third-order valence-corrected chi connectivity index (χ3v) is 4.99. The minimum absolute atomic E-state index is 0. The molecule has 0 amide bonds. The summed E-state index contributed by atoms with van der Waals surface area (Å²) in [6.07, 6.45) is 2.00. The number of halogens is 1. The molecule has 1 fully saturated rings. The van der Waals surface area contributed by atoms with E-state index in [-0.39, 0.29) is 17.8 Å². The van der Waals surface area contributed by atoms with E-state index in [1.807, 2.05) is 12.1 Å². The highest BCUT2D eigenvalue weighted by molar-refractivity contribution is 5.85. The molecule has 24 heavy (non-hydrogen) atoms. The van der Waals surface area contributed by atoms with Crippen LogP contribution in [-0.4, -0.2) is 13.2 Å². The van der Waals surface area contributed by atoms with Crippen LogP contribution in [0.25, 0.3) is 0 Å². The fraction of sp³-hybridized carbons (Fsp3) is 0.350. The highest BCUT2D eigenvalue weighted by Crippen LogP contribution is 2.47. The summed E-state index contributed by atoms with van der Waals surface area (Å²) in [7, 11) is 0. The third kappa shape index (κ3) is 3.13. The Bertz CT molecular complexity index is 747. The van der Waals surface area contributed by atoms with Crippen LogP contribution < -0.4 is 10.1 Å². The largest absolute Gasteiger partial charge is 0.493 e. The van der Waals surface area contributed by atoms with E-state index in [0.29, 0.717) is 5.92 Å². The highest BCUT2D eigenvalue weighted by Gasteiger charge is 2.44. The number of fused-ring (bicyclic) bond motifs is 1. The van der Waals surface area contributed by atoms with Crippen LogP contribution in [0.1, 0.15) is 35.4 Å². The summed E-state index contributed by atoms with van der Waals surface area (Å²) in [4.78, 5) is 0. The lowest BCUT2D eigenvalue weighted by Gasteiger charge is -2.11. The van der Waals surface area contributed by atoms with Crippen molar-refractivity contribution in [2.24, 2.45) is 0 Å². The van der Waals surface area contributed by atoms with Gasteiger partial charge in [-0.25, -0.2) is 0 Å². The van der Waals surface area contributed by atoms with E-state index in [2.05, 4.69) is 47.8 Å². The molecule has 2 aliphatic rings. The lowest BCUT2D eigenvalue weighted by molar-refractivity contribution is 0.326. The van der Waals surface area contributed by atoms with Gasteiger partial charge in [-0.1, -0.05) is 42.5 Å². The van der Waals surface area contributed by atoms with Crippen LogP contribution in [0, 0.1) is 11.3 Å². The van der Waals surface area contributed by atoms with Gasteiger partial charge in [0.05, 0.1) is 18.1 Å². The first-order valence-electron chi connectivity index (χ1n) is 8.24. The van der Waals surface area contributed by atoms with Crippen LogP contribution in [-0.2, 0) is 12.0 Å². The number of benzene rings is 2. The third-order valence-electron chi connectivity index (χ3n) is 4.99. The van der Waals surface area contributed by atoms with Gasteiger partial charge in [-0.2, -0.15) is 5.26 Å². The zero-order valence-electron chi connectivity index (χ0n) is 13.5. The van der Waals surface area contributed by atoms with Gasteiger partial charge < -0.3 is 10.1 Å². The molecule has 0 saturated heterocycles. The van der Waals surface area contributed by atoms with Gasteiger partial charge in [0.25, 0.3) is 0 Å². The molecular formula is C20H21ClN2O. The van der Waals surface area contributed by atoms with E-state index >= 15 is 0 Å². The summed E-state index contributed by atoms with van der Waals surface area (Å²) in [6, 6.07) is 19.2. The molecule has 2 aromatic carbocycles. The minimum Gasteiger partial charge on any atom is -0.493 e. The number of rotatable bonds is 5. The SMILES string of the molecule is Cl.N#CC1(c2ccc(CNCC3COc4ccccc43)cc2)CC1. The summed E-state index contributed by atoms with van der Waals surface area (Å²) in [5.41, 5.74) is 3.55. The Labute approximate surface area is 149 Å². The Morgan fingerprint density at radius 1 is 1.12 bits per heavy atom. The zero-order valence-corrected chi connectivity index (χ0v) is 14.3. The molecule has 0 radical (unpaired) electrons. The average Bonchev–Trinajstić information content (AvgIpc) is 3.31. The molecular weight excluding hydrogens is 320 g/mol. The van der Waals surface area contributed by atoms with Crippen molar-refractivity contribution in [1.82, 2.24) is 5.32 Å². The van der Waals surface area contributed by atoms with Crippen LogP contribution in [0.3, 0.4) is 0 Å². The van der Waals surface area contributed by atoms with E-state index in [1.165, 1.54) is 16.7 Å². The van der Waals surface area contributed by atoms with Gasteiger partial charge in [-0.3, -0.25) is 0 Å². The molecule has 1 saturated carbocycles. The number of ether oxygens (including phenoxy) is 1. The first-order valence-corrected chi connectivity index (χ1v) is 8.24. The topological polar surface area (TPSA) is 45.0 Å². The van der Waals surface area contributed by atoms with Crippen LogP contribution >= 0.6 is 12.4 Å². The molecule has 1 aliphatic heterocycles. The van der Waals surface area contributed by atoms with E-state index in [1.54, 1.807) is 0 Å². The molecule has 4 rings (SSSR count). The lowest BCUT2D eigenvalue weighted by atomic mass is 9.96. The van der Waals surface area contributed by atoms with Crippen LogP contribution in [0.4, 0.5) is 0 Å². The second-order valence-electron chi connectivity index (χ2n) is 6.57. The Morgan fingerprint density at radius 2 is 1.88 bits per heavy atom. The molecule has 3 nitrogen and oxygen atoms in total. The van der Waals surface area contributed by atoms with Gasteiger partial charge in [0.2, 0.25) is 0 Å². The van der Waals surface area contributed by atoms with E-state index in [0.717, 1.165) is 38.3 Å². The van der Waals surface area contributed by atoms with Crippen molar-refractivity contribution in [3.8, 4) is 11.8 Å². The predicted octanol–water partition coefficient (Wildman–Crippen LogP) is 3.93. The van der Waals surface area contributed by atoms with Crippen molar-refractivity contribution in [2.75, 3.05) is 13.2 Å². The molecule has 2 aromatic rings. The Morgan fingerprint density at radius 3 is 2.58 bits per heavy atom. The maximum atomic E-state index is 9.25. The molecule has 1 heterocycles. The van der Waals surface area contributed by atoms with Gasteiger partial charge in [-0.15, -0.1) is 12.4 Å². The lowest BCUT2D eigenvalue weighted by Crippen LogP contribution is -2.22. The number of nitriles is 1. The summed E-state index contributed by atoms with van der Waals surface area (Å²) < 4.78 is 5.72. The summed E-state index contributed by atoms with van der Waals surface area (Å²) in [5, 5.41) is 12.8. The summed E-state index contributed by atoms with van der Waals surface area (Å²) in [5.74, 6) is 1.45. The fourth-order valence-electron chi connectivity index (χ4n) is 3.32. The fourth-order valence-corrected chi connectivity index (χ4v) is 3.32. The number of para-hydroxylation sites is 1. The van der Waals surface area contributed by atoms with Crippen molar-refractivity contribution >= 4 is 12.4 Å². The normalized spacial score (nSPS) is 19.5. The summed E-state index contributed by atoms with van der Waals surface area (Å²) in [6.45, 7) is 2.52. The van der Waals surface area contributed by atoms with Crippen LogP contribution in [0.5, 0.6) is 5.75 Å². The number of nitrogens with zero attached hydrogens (tertiary/aromatic N) is 1. The van der Waals surface area contributed by atoms with Gasteiger partial charge in [0.15, 0.2) is 0 Å². The maximum absolute atomic E-state index is 9.25.